The average molecular weight is 198 g/mol. The van der Waals surface area contributed by atoms with Crippen molar-refractivity contribution in [2.75, 3.05) is 5.73 Å². The maximum absolute atomic E-state index is 8.74. The predicted molar refractivity (Wildman–Crippen MR) is 57.4 cm³/mol. The Morgan fingerprint density at radius 1 is 1.47 bits per heavy atom. The van der Waals surface area contributed by atoms with Gasteiger partial charge in [0.2, 0.25) is 0 Å². The summed E-state index contributed by atoms with van der Waals surface area (Å²) in [5.41, 5.74) is 8.79. The zero-order chi connectivity index (χ0) is 10.8. The minimum atomic E-state index is 0.624. The number of nitriles is 1. The number of aryl methyl sites for hydroxylation is 1. The summed E-state index contributed by atoms with van der Waals surface area (Å²) in [5, 5.41) is 12.8. The number of benzene rings is 1. The van der Waals surface area contributed by atoms with Crippen molar-refractivity contribution in [3.63, 3.8) is 0 Å². The highest BCUT2D eigenvalue weighted by Crippen LogP contribution is 2.15. The van der Waals surface area contributed by atoms with Crippen LogP contribution in [0, 0.1) is 18.3 Å². The first-order chi connectivity index (χ1) is 7.20. The molecular formula is C11H10N4. The van der Waals surface area contributed by atoms with E-state index in [2.05, 4.69) is 11.2 Å². The number of nitrogens with two attached hydrogens (primary N) is 1. The average Bonchev–Trinajstić information content (AvgIpc) is 2.64. The molecule has 0 radical (unpaired) electrons. The zero-order valence-corrected chi connectivity index (χ0v) is 8.31. The molecule has 4 nitrogen and oxygen atoms in total. The second kappa shape index (κ2) is 3.46. The Balaban J connectivity index is 2.51. The van der Waals surface area contributed by atoms with E-state index in [4.69, 9.17) is 11.0 Å². The highest BCUT2D eigenvalue weighted by molar-refractivity contribution is 5.47. The molecule has 2 aromatic rings. The molecule has 0 spiro atoms. The van der Waals surface area contributed by atoms with Gasteiger partial charge in [0.05, 0.1) is 35.4 Å². The standard InChI is InChI=1S/C11H10N4/c1-8-4-9(5-12)2-3-11(8)15-7-10(13)6-14-15/h2-4,6-7H,13H2,1H3. The summed E-state index contributed by atoms with van der Waals surface area (Å²) >= 11 is 0. The van der Waals surface area contributed by atoms with Crippen molar-refractivity contribution in [3.8, 4) is 11.8 Å². The number of nitrogen functional groups attached to an aromatic ring is 1. The van der Waals surface area contributed by atoms with Crippen molar-refractivity contribution in [2.45, 2.75) is 6.92 Å². The van der Waals surface area contributed by atoms with E-state index in [1.807, 2.05) is 19.1 Å². The van der Waals surface area contributed by atoms with Crippen molar-refractivity contribution >= 4 is 5.69 Å². The summed E-state index contributed by atoms with van der Waals surface area (Å²) in [6, 6.07) is 7.55. The van der Waals surface area contributed by atoms with Crippen LogP contribution in [0.2, 0.25) is 0 Å². The van der Waals surface area contributed by atoms with E-state index in [1.54, 1.807) is 23.1 Å². The number of hydrogen-bond donors (Lipinski definition) is 1. The third kappa shape index (κ3) is 1.67. The van der Waals surface area contributed by atoms with Gasteiger partial charge in [-0.05, 0) is 30.7 Å². The number of anilines is 1. The van der Waals surface area contributed by atoms with E-state index in [1.165, 1.54) is 0 Å². The van der Waals surface area contributed by atoms with Crippen molar-refractivity contribution in [3.05, 3.63) is 41.7 Å². The maximum Gasteiger partial charge on any atom is 0.0991 e. The van der Waals surface area contributed by atoms with E-state index in [0.29, 0.717) is 11.3 Å². The van der Waals surface area contributed by atoms with Gasteiger partial charge >= 0.3 is 0 Å². The van der Waals surface area contributed by atoms with Gasteiger partial charge in [0.1, 0.15) is 0 Å². The van der Waals surface area contributed by atoms with Gasteiger partial charge in [-0.15, -0.1) is 0 Å². The summed E-state index contributed by atoms with van der Waals surface area (Å²) in [5.74, 6) is 0. The van der Waals surface area contributed by atoms with Gasteiger partial charge in [-0.2, -0.15) is 10.4 Å². The molecule has 0 aliphatic heterocycles. The fourth-order valence-electron chi connectivity index (χ4n) is 1.45. The fraction of sp³-hybridized carbons (Fsp3) is 0.0909. The number of nitrogens with zero attached hydrogens (tertiary/aromatic N) is 3. The lowest BCUT2D eigenvalue weighted by molar-refractivity contribution is 0.872. The molecule has 4 heteroatoms. The smallest absolute Gasteiger partial charge is 0.0991 e. The summed E-state index contributed by atoms with van der Waals surface area (Å²) in [4.78, 5) is 0. The van der Waals surface area contributed by atoms with Crippen LogP contribution in [0.15, 0.2) is 30.6 Å². The summed E-state index contributed by atoms with van der Waals surface area (Å²) < 4.78 is 1.70. The van der Waals surface area contributed by atoms with E-state index < -0.39 is 0 Å². The lowest BCUT2D eigenvalue weighted by Crippen LogP contribution is -1.97. The minimum absolute atomic E-state index is 0.624. The van der Waals surface area contributed by atoms with Gasteiger partial charge in [0.15, 0.2) is 0 Å². The van der Waals surface area contributed by atoms with Crippen LogP contribution >= 0.6 is 0 Å². The maximum atomic E-state index is 8.74. The van der Waals surface area contributed by atoms with Gasteiger partial charge in [-0.1, -0.05) is 0 Å². The Labute approximate surface area is 87.6 Å². The summed E-state index contributed by atoms with van der Waals surface area (Å²) in [7, 11) is 0. The Morgan fingerprint density at radius 3 is 2.80 bits per heavy atom. The molecule has 1 aromatic heterocycles. The van der Waals surface area contributed by atoms with Gasteiger partial charge in [-0.25, -0.2) is 4.68 Å². The minimum Gasteiger partial charge on any atom is -0.396 e. The highest BCUT2D eigenvalue weighted by Gasteiger charge is 2.03. The molecule has 0 saturated heterocycles. The molecule has 2 N–H and O–H groups in total. The molecule has 15 heavy (non-hydrogen) atoms. The Bertz CT molecular complexity index is 534. The molecule has 1 heterocycles. The van der Waals surface area contributed by atoms with Crippen LogP contribution in [0.1, 0.15) is 11.1 Å². The third-order valence-corrected chi connectivity index (χ3v) is 2.18. The first-order valence-corrected chi connectivity index (χ1v) is 4.52. The summed E-state index contributed by atoms with van der Waals surface area (Å²) in [6.45, 7) is 1.94. The van der Waals surface area contributed by atoms with Crippen molar-refractivity contribution in [2.24, 2.45) is 0 Å². The van der Waals surface area contributed by atoms with Crippen LogP contribution in [-0.2, 0) is 0 Å². The van der Waals surface area contributed by atoms with Crippen LogP contribution < -0.4 is 5.73 Å². The number of hydrogen-bond acceptors (Lipinski definition) is 3. The van der Waals surface area contributed by atoms with Gasteiger partial charge in [0, 0.05) is 0 Å². The Hall–Kier alpha value is -2.28. The Kier molecular flexibility index (Phi) is 2.14. The fourth-order valence-corrected chi connectivity index (χ4v) is 1.45. The van der Waals surface area contributed by atoms with Crippen molar-refractivity contribution in [1.29, 1.82) is 5.26 Å². The molecular weight excluding hydrogens is 188 g/mol. The molecule has 0 aliphatic carbocycles. The van der Waals surface area contributed by atoms with Gasteiger partial charge < -0.3 is 5.73 Å². The first kappa shape index (κ1) is 9.28. The van der Waals surface area contributed by atoms with Crippen LogP contribution in [0.3, 0.4) is 0 Å². The van der Waals surface area contributed by atoms with E-state index in [-0.39, 0.29) is 0 Å². The normalized spacial score (nSPS) is 9.87. The van der Waals surface area contributed by atoms with Crippen LogP contribution in [0.4, 0.5) is 5.69 Å². The van der Waals surface area contributed by atoms with E-state index >= 15 is 0 Å². The van der Waals surface area contributed by atoms with Crippen LogP contribution in [0.5, 0.6) is 0 Å². The number of rotatable bonds is 1. The van der Waals surface area contributed by atoms with Crippen molar-refractivity contribution in [1.82, 2.24) is 9.78 Å². The quantitative estimate of drug-likeness (QED) is 0.757. The van der Waals surface area contributed by atoms with Crippen LogP contribution in [-0.4, -0.2) is 9.78 Å². The molecule has 0 atom stereocenters. The van der Waals surface area contributed by atoms with E-state index in [0.717, 1.165) is 11.3 Å². The SMILES string of the molecule is Cc1cc(C#N)ccc1-n1cc(N)cn1. The molecule has 2 rings (SSSR count). The van der Waals surface area contributed by atoms with Gasteiger partial charge in [0.25, 0.3) is 0 Å². The molecule has 0 bridgehead atoms. The van der Waals surface area contributed by atoms with Gasteiger partial charge in [-0.3, -0.25) is 0 Å². The van der Waals surface area contributed by atoms with E-state index in [9.17, 15) is 0 Å². The predicted octanol–water partition coefficient (Wildman–Crippen LogP) is 1.63. The zero-order valence-electron chi connectivity index (χ0n) is 8.31. The molecule has 0 amide bonds. The third-order valence-electron chi connectivity index (χ3n) is 2.18. The molecule has 0 aliphatic rings. The van der Waals surface area contributed by atoms with Crippen molar-refractivity contribution < 1.29 is 0 Å². The molecule has 0 unspecified atom stereocenters. The topological polar surface area (TPSA) is 67.6 Å². The van der Waals surface area contributed by atoms with Crippen LogP contribution in [0.25, 0.3) is 5.69 Å². The highest BCUT2D eigenvalue weighted by atomic mass is 15.3. The lowest BCUT2D eigenvalue weighted by atomic mass is 10.1. The molecule has 74 valence electrons. The lowest BCUT2D eigenvalue weighted by Gasteiger charge is -2.05. The largest absolute Gasteiger partial charge is 0.396 e. The summed E-state index contributed by atoms with van der Waals surface area (Å²) in [6.07, 6.45) is 3.34. The Morgan fingerprint density at radius 2 is 2.27 bits per heavy atom. The molecule has 1 aromatic carbocycles. The molecule has 0 fully saturated rings. The first-order valence-electron chi connectivity index (χ1n) is 4.52. The second-order valence-electron chi connectivity index (χ2n) is 3.33. The molecule has 0 saturated carbocycles. The monoisotopic (exact) mass is 198 g/mol. The number of aromatic nitrogens is 2. The second-order valence-corrected chi connectivity index (χ2v) is 3.33.